The molecule has 0 aromatic heterocycles. The van der Waals surface area contributed by atoms with Crippen molar-refractivity contribution in [1.29, 1.82) is 0 Å². The van der Waals surface area contributed by atoms with Gasteiger partial charge in [-0.15, -0.1) is 0 Å². The van der Waals surface area contributed by atoms with Crippen molar-refractivity contribution >= 4 is 35.5 Å². The second-order valence-electron chi connectivity index (χ2n) is 9.53. The van der Waals surface area contributed by atoms with Gasteiger partial charge in [-0.05, 0) is 81.6 Å². The van der Waals surface area contributed by atoms with Gasteiger partial charge in [0, 0.05) is 22.5 Å². The number of fused-ring (bicyclic) bond motifs is 4. The van der Waals surface area contributed by atoms with Crippen LogP contribution < -0.4 is 9.55 Å². The summed E-state index contributed by atoms with van der Waals surface area (Å²) in [5, 5.41) is 11.5. The first-order valence-electron chi connectivity index (χ1n) is 11.9. The van der Waals surface area contributed by atoms with Crippen LogP contribution in [0.1, 0.15) is 25.0 Å². The van der Waals surface area contributed by atoms with Gasteiger partial charge in [-0.3, -0.25) is 0 Å². The maximum atomic E-state index is 9.14. The van der Waals surface area contributed by atoms with Gasteiger partial charge in [-0.1, -0.05) is 74.5 Å². The quantitative estimate of drug-likeness (QED) is 0.283. The van der Waals surface area contributed by atoms with Gasteiger partial charge in [0.05, 0.1) is 0 Å². The van der Waals surface area contributed by atoms with Crippen molar-refractivity contribution < 1.29 is 9.68 Å². The summed E-state index contributed by atoms with van der Waals surface area (Å²) < 4.78 is 5.27. The molecule has 0 saturated carbocycles. The summed E-state index contributed by atoms with van der Waals surface area (Å²) in [6.07, 6.45) is 0. The molecule has 0 amide bonds. The molecule has 1 aliphatic carbocycles. The molecule has 0 radical (unpaired) electrons. The highest BCUT2D eigenvalue weighted by molar-refractivity contribution is 6.17. The highest BCUT2D eigenvalue weighted by Gasteiger charge is 2.35. The third kappa shape index (κ3) is 3.58. The van der Waals surface area contributed by atoms with Crippen LogP contribution in [0.25, 0.3) is 21.9 Å². The Labute approximate surface area is 206 Å². The zero-order valence-corrected chi connectivity index (χ0v) is 19.9. The maximum Gasteiger partial charge on any atom is 0.504 e. The molecule has 1 N–H and O–H groups in total. The lowest BCUT2D eigenvalue weighted by Crippen LogP contribution is -2.16. The van der Waals surface area contributed by atoms with E-state index >= 15 is 0 Å². The molecule has 0 atom stereocenters. The highest BCUT2D eigenvalue weighted by atomic mass is 16.5. The summed E-state index contributed by atoms with van der Waals surface area (Å²) in [7, 11) is -0.339. The normalized spacial score (nSPS) is 13.2. The molecule has 5 aromatic rings. The van der Waals surface area contributed by atoms with Crippen LogP contribution in [0.15, 0.2) is 109 Å². The van der Waals surface area contributed by atoms with Crippen LogP contribution in [0.5, 0.6) is 5.75 Å². The van der Waals surface area contributed by atoms with E-state index in [0.29, 0.717) is 5.75 Å². The molecule has 6 rings (SSSR count). The van der Waals surface area contributed by atoms with Crippen molar-refractivity contribution in [2.45, 2.75) is 19.3 Å². The minimum absolute atomic E-state index is 0.0736. The Bertz CT molecular complexity index is 1540. The molecule has 0 unspecified atom stereocenters. The summed E-state index contributed by atoms with van der Waals surface area (Å²) in [5.41, 5.74) is 8.48. The predicted octanol–water partition coefficient (Wildman–Crippen LogP) is 7.25. The zero-order valence-electron chi connectivity index (χ0n) is 19.9. The van der Waals surface area contributed by atoms with Crippen molar-refractivity contribution in [3.05, 3.63) is 120 Å². The molecule has 170 valence electrons. The minimum Gasteiger partial charge on any atom is -0.539 e. The van der Waals surface area contributed by atoms with E-state index in [1.807, 2.05) is 24.3 Å². The molecule has 1 aliphatic rings. The Balaban J connectivity index is 1.52. The van der Waals surface area contributed by atoms with Crippen molar-refractivity contribution in [2.75, 3.05) is 4.90 Å². The molecular formula is C31H26BNO2. The topological polar surface area (TPSA) is 32.7 Å². The molecule has 0 fully saturated rings. The molecule has 0 spiro atoms. The Kier molecular flexibility index (Phi) is 5.12. The van der Waals surface area contributed by atoms with E-state index in [1.165, 1.54) is 33.0 Å². The second kappa shape index (κ2) is 8.33. The second-order valence-corrected chi connectivity index (χ2v) is 9.53. The summed E-state index contributed by atoms with van der Waals surface area (Å²) in [6, 6.07) is 38.4. The van der Waals surface area contributed by atoms with Crippen molar-refractivity contribution in [1.82, 2.24) is 0 Å². The molecule has 4 heteroatoms. The summed E-state index contributed by atoms with van der Waals surface area (Å²) in [5.74, 6) is 0.639. The number of benzene rings is 5. The van der Waals surface area contributed by atoms with E-state index in [0.717, 1.165) is 17.1 Å². The SMILES string of the molecule is CC1(C)c2ccccc2-c2ccc(N(c3ccc(OBO)cc3)c3ccc4ccccc4c3)cc21. The summed E-state index contributed by atoms with van der Waals surface area (Å²) >= 11 is 0. The lowest BCUT2D eigenvalue weighted by atomic mass is 9.82. The van der Waals surface area contributed by atoms with Crippen molar-refractivity contribution in [2.24, 2.45) is 0 Å². The van der Waals surface area contributed by atoms with Crippen molar-refractivity contribution in [3.63, 3.8) is 0 Å². The van der Waals surface area contributed by atoms with Crippen LogP contribution in [0.4, 0.5) is 17.1 Å². The largest absolute Gasteiger partial charge is 0.539 e. The Morgan fingerprint density at radius 1 is 0.629 bits per heavy atom. The van der Waals surface area contributed by atoms with Gasteiger partial charge in [0.15, 0.2) is 0 Å². The van der Waals surface area contributed by atoms with E-state index in [-0.39, 0.29) is 13.1 Å². The third-order valence-corrected chi connectivity index (χ3v) is 7.14. The fraction of sp³-hybridized carbons (Fsp3) is 0.0968. The predicted molar refractivity (Wildman–Crippen MR) is 146 cm³/mol. The van der Waals surface area contributed by atoms with E-state index in [1.54, 1.807) is 0 Å². The lowest BCUT2D eigenvalue weighted by molar-refractivity contribution is 0.454. The van der Waals surface area contributed by atoms with Gasteiger partial charge in [0.25, 0.3) is 0 Å². The third-order valence-electron chi connectivity index (χ3n) is 7.14. The number of rotatable bonds is 5. The fourth-order valence-electron chi connectivity index (χ4n) is 5.36. The Hall–Kier alpha value is -4.02. The van der Waals surface area contributed by atoms with Crippen LogP contribution >= 0.6 is 0 Å². The van der Waals surface area contributed by atoms with Gasteiger partial charge < -0.3 is 14.6 Å². The lowest BCUT2D eigenvalue weighted by Gasteiger charge is -2.28. The molecule has 0 heterocycles. The number of hydrogen-bond acceptors (Lipinski definition) is 3. The monoisotopic (exact) mass is 455 g/mol. The molecule has 3 nitrogen and oxygen atoms in total. The Morgan fingerprint density at radius 3 is 2.06 bits per heavy atom. The van der Waals surface area contributed by atoms with E-state index in [4.69, 9.17) is 9.68 Å². The van der Waals surface area contributed by atoms with Gasteiger partial charge in [0.1, 0.15) is 5.75 Å². The van der Waals surface area contributed by atoms with Crippen LogP contribution in [0, 0.1) is 0 Å². The van der Waals surface area contributed by atoms with E-state index in [9.17, 15) is 0 Å². The first kappa shape index (κ1) is 21.5. The van der Waals surface area contributed by atoms with Crippen LogP contribution in [0.2, 0.25) is 0 Å². The standard InChI is InChI=1S/C31H26BNO2/c1-31(2)29-10-6-5-9-27(29)28-18-15-25(20-30(28)31)33(23-13-16-26(17-14-23)35-32-34)24-12-11-21-7-3-4-8-22(21)19-24/h3-20,32,34H,1-2H3. The Morgan fingerprint density at radius 2 is 1.26 bits per heavy atom. The van der Waals surface area contributed by atoms with Gasteiger partial charge in [-0.25, -0.2) is 0 Å². The summed E-state index contributed by atoms with van der Waals surface area (Å²) in [6.45, 7) is 4.62. The molecular weight excluding hydrogens is 429 g/mol. The molecule has 0 saturated heterocycles. The molecule has 0 aliphatic heterocycles. The minimum atomic E-state index is -0.339. The van der Waals surface area contributed by atoms with E-state index < -0.39 is 0 Å². The molecule has 0 bridgehead atoms. The van der Waals surface area contributed by atoms with Gasteiger partial charge >= 0.3 is 7.69 Å². The van der Waals surface area contributed by atoms with Crippen LogP contribution in [0.3, 0.4) is 0 Å². The number of hydrogen-bond donors (Lipinski definition) is 1. The first-order chi connectivity index (χ1) is 17.1. The van der Waals surface area contributed by atoms with E-state index in [2.05, 4.69) is 104 Å². The smallest absolute Gasteiger partial charge is 0.504 e. The highest BCUT2D eigenvalue weighted by Crippen LogP contribution is 2.50. The average molecular weight is 455 g/mol. The van der Waals surface area contributed by atoms with Gasteiger partial charge in [0.2, 0.25) is 0 Å². The molecule has 35 heavy (non-hydrogen) atoms. The zero-order chi connectivity index (χ0) is 24.0. The van der Waals surface area contributed by atoms with Crippen LogP contribution in [-0.4, -0.2) is 12.7 Å². The maximum absolute atomic E-state index is 9.14. The molecule has 5 aromatic carbocycles. The van der Waals surface area contributed by atoms with Crippen LogP contribution in [-0.2, 0) is 5.41 Å². The first-order valence-corrected chi connectivity index (χ1v) is 11.9. The fourth-order valence-corrected chi connectivity index (χ4v) is 5.36. The summed E-state index contributed by atoms with van der Waals surface area (Å²) in [4.78, 5) is 2.29. The van der Waals surface area contributed by atoms with Crippen molar-refractivity contribution in [3.8, 4) is 16.9 Å². The van der Waals surface area contributed by atoms with Gasteiger partial charge in [-0.2, -0.15) is 0 Å². The average Bonchev–Trinajstić information content (AvgIpc) is 3.12. The number of anilines is 3. The number of nitrogens with zero attached hydrogens (tertiary/aromatic N) is 1.